The lowest BCUT2D eigenvalue weighted by Gasteiger charge is -2.36. The van der Waals surface area contributed by atoms with Gasteiger partial charge in [0.1, 0.15) is 0 Å². The number of hydrogen-bond donors (Lipinski definition) is 2. The quantitative estimate of drug-likeness (QED) is 0.0551. The summed E-state index contributed by atoms with van der Waals surface area (Å²) in [6.07, 6.45) is 8.91. The van der Waals surface area contributed by atoms with Crippen molar-refractivity contribution in [3.05, 3.63) is 144 Å². The van der Waals surface area contributed by atoms with E-state index in [2.05, 4.69) is 149 Å². The number of amides is 1. The van der Waals surface area contributed by atoms with Crippen molar-refractivity contribution in [3.63, 3.8) is 0 Å². The fraction of sp³-hybridized carbons (Fsp3) is 0.419. The molecule has 0 unspecified atom stereocenters. The van der Waals surface area contributed by atoms with Gasteiger partial charge >= 0.3 is 0 Å². The molecule has 4 nitrogen and oxygen atoms in total. The molecule has 4 aromatic rings. The van der Waals surface area contributed by atoms with Crippen LogP contribution in [0.25, 0.3) is 0 Å². The Morgan fingerprint density at radius 3 is 1.76 bits per heavy atom. The predicted octanol–water partition coefficient (Wildman–Crippen LogP) is 8.89. The first-order chi connectivity index (χ1) is 24.2. The molecule has 0 aromatic heterocycles. The predicted molar refractivity (Wildman–Crippen MR) is 213 cm³/mol. The Morgan fingerprint density at radius 1 is 0.694 bits per heavy atom. The Morgan fingerprint density at radius 2 is 1.20 bits per heavy atom. The number of rotatable bonds is 20. The highest BCUT2D eigenvalue weighted by Gasteiger charge is 2.36. The molecule has 0 aliphatic carbocycles. The summed E-state index contributed by atoms with van der Waals surface area (Å²) >= 11 is 6.17. The van der Waals surface area contributed by atoms with Gasteiger partial charge in [0.05, 0.1) is 10.5 Å². The third kappa shape index (κ3) is 11.2. The summed E-state index contributed by atoms with van der Waals surface area (Å²) in [5.74, 6) is 1.93. The SMILES string of the molecule is O=C(CS)NCCN(CCCCCCCN1CCC(c2ccccc2)CC1)CCSC(c1ccccc1)(c1ccccc1)c1ccccc1. The lowest BCUT2D eigenvalue weighted by molar-refractivity contribution is -0.118. The molecule has 0 saturated carbocycles. The van der Waals surface area contributed by atoms with E-state index in [0.717, 1.165) is 31.3 Å². The fourth-order valence-corrected chi connectivity index (χ4v) is 8.93. The maximum absolute atomic E-state index is 12.0. The van der Waals surface area contributed by atoms with Crippen LogP contribution < -0.4 is 5.32 Å². The molecule has 1 amide bonds. The van der Waals surface area contributed by atoms with Crippen LogP contribution in [0.3, 0.4) is 0 Å². The third-order valence-electron chi connectivity index (χ3n) is 9.97. The minimum Gasteiger partial charge on any atom is -0.354 e. The van der Waals surface area contributed by atoms with Crippen molar-refractivity contribution in [2.75, 3.05) is 57.3 Å². The van der Waals surface area contributed by atoms with Crippen molar-refractivity contribution in [1.29, 1.82) is 0 Å². The largest absolute Gasteiger partial charge is 0.354 e. The number of thioether (sulfide) groups is 1. The zero-order valence-corrected chi connectivity index (χ0v) is 30.8. The van der Waals surface area contributed by atoms with Crippen LogP contribution in [0.5, 0.6) is 0 Å². The van der Waals surface area contributed by atoms with Crippen LogP contribution in [0, 0.1) is 0 Å². The summed E-state index contributed by atoms with van der Waals surface area (Å²) in [6.45, 7) is 7.24. The summed E-state index contributed by atoms with van der Waals surface area (Å²) in [4.78, 5) is 17.2. The van der Waals surface area contributed by atoms with E-state index in [1.54, 1.807) is 0 Å². The van der Waals surface area contributed by atoms with E-state index in [-0.39, 0.29) is 16.4 Å². The molecular weight excluding hydrogens is 639 g/mol. The standard InChI is InChI=1S/C43H55N3OS2/c47-42(36-48)44-28-33-46(30-17-3-1-2-16-29-45-31-26-38(27-32-45)37-18-8-4-9-19-37)34-35-49-43(39-20-10-5-11-21-39,40-22-12-6-13-23-40)41-24-14-7-15-25-41/h4-15,18-25,38,48H,1-3,16-17,26-36H2,(H,44,47). The number of hydrogen-bond acceptors (Lipinski definition) is 5. The minimum absolute atomic E-state index is 0.00167. The molecule has 1 heterocycles. The van der Waals surface area contributed by atoms with Crippen molar-refractivity contribution in [1.82, 2.24) is 15.1 Å². The van der Waals surface area contributed by atoms with Gasteiger partial charge in [0, 0.05) is 25.4 Å². The first-order valence-corrected chi connectivity index (χ1v) is 20.0. The number of carbonyl (C=O) groups is 1. The van der Waals surface area contributed by atoms with Gasteiger partial charge < -0.3 is 15.1 Å². The molecule has 6 heteroatoms. The molecule has 4 aromatic carbocycles. The highest BCUT2D eigenvalue weighted by atomic mass is 32.2. The van der Waals surface area contributed by atoms with Crippen molar-refractivity contribution in [3.8, 4) is 0 Å². The van der Waals surface area contributed by atoms with Crippen molar-refractivity contribution in [2.24, 2.45) is 0 Å². The summed E-state index contributed by atoms with van der Waals surface area (Å²) in [5.41, 5.74) is 5.41. The van der Waals surface area contributed by atoms with Gasteiger partial charge in [0.15, 0.2) is 0 Å². The van der Waals surface area contributed by atoms with E-state index in [9.17, 15) is 4.79 Å². The number of piperidine rings is 1. The summed E-state index contributed by atoms with van der Waals surface area (Å²) in [5, 5.41) is 3.04. The van der Waals surface area contributed by atoms with E-state index >= 15 is 0 Å². The number of likely N-dealkylation sites (tertiary alicyclic amines) is 1. The molecule has 0 radical (unpaired) electrons. The fourth-order valence-electron chi connectivity index (χ4n) is 7.26. The maximum atomic E-state index is 12.0. The first-order valence-electron chi connectivity index (χ1n) is 18.4. The average Bonchev–Trinajstić information content (AvgIpc) is 3.17. The topological polar surface area (TPSA) is 35.6 Å². The molecule has 0 spiro atoms. The van der Waals surface area contributed by atoms with Gasteiger partial charge in [-0.15, -0.1) is 11.8 Å². The maximum Gasteiger partial charge on any atom is 0.229 e. The smallest absolute Gasteiger partial charge is 0.229 e. The molecular formula is C43H55N3OS2. The van der Waals surface area contributed by atoms with E-state index in [4.69, 9.17) is 0 Å². The molecule has 0 atom stereocenters. The zero-order chi connectivity index (χ0) is 34.0. The molecule has 260 valence electrons. The Hall–Kier alpha value is -3.03. The number of nitrogens with zero attached hydrogens (tertiary/aromatic N) is 2. The molecule has 49 heavy (non-hydrogen) atoms. The molecule has 1 aliphatic rings. The summed E-state index contributed by atoms with van der Waals surface area (Å²) < 4.78 is -0.313. The second-order valence-corrected chi connectivity index (χ2v) is 14.9. The van der Waals surface area contributed by atoms with Crippen molar-refractivity contribution < 1.29 is 4.79 Å². The average molecular weight is 694 g/mol. The first kappa shape index (κ1) is 37.2. The van der Waals surface area contributed by atoms with E-state index in [1.807, 2.05) is 11.8 Å². The zero-order valence-electron chi connectivity index (χ0n) is 29.1. The third-order valence-corrected chi connectivity index (χ3v) is 11.8. The van der Waals surface area contributed by atoms with Crippen LogP contribution in [0.1, 0.15) is 73.1 Å². The van der Waals surface area contributed by atoms with Crippen LogP contribution in [-0.2, 0) is 9.54 Å². The van der Waals surface area contributed by atoms with Gasteiger partial charge in [-0.3, -0.25) is 4.79 Å². The Balaban J connectivity index is 1.12. The highest BCUT2D eigenvalue weighted by Crippen LogP contribution is 2.48. The lowest BCUT2D eigenvalue weighted by atomic mass is 9.84. The molecule has 1 saturated heterocycles. The van der Waals surface area contributed by atoms with Crippen LogP contribution in [0.4, 0.5) is 0 Å². The van der Waals surface area contributed by atoms with Crippen LogP contribution in [0.2, 0.25) is 0 Å². The minimum atomic E-state index is -0.313. The lowest BCUT2D eigenvalue weighted by Crippen LogP contribution is -2.37. The number of unbranched alkanes of at least 4 members (excludes halogenated alkanes) is 4. The van der Waals surface area contributed by atoms with Gasteiger partial charge in [0.2, 0.25) is 5.91 Å². The van der Waals surface area contributed by atoms with Crippen molar-refractivity contribution >= 4 is 30.3 Å². The number of thiol groups is 1. The summed E-state index contributed by atoms with van der Waals surface area (Å²) in [6, 6.07) is 43.9. The van der Waals surface area contributed by atoms with Crippen LogP contribution in [0.15, 0.2) is 121 Å². The van der Waals surface area contributed by atoms with Crippen molar-refractivity contribution in [2.45, 2.75) is 55.6 Å². The molecule has 1 N–H and O–H groups in total. The number of nitrogens with one attached hydrogen (secondary N) is 1. The van der Waals surface area contributed by atoms with Gasteiger partial charge in [0.25, 0.3) is 0 Å². The van der Waals surface area contributed by atoms with Crippen LogP contribution in [-0.4, -0.2) is 73.0 Å². The van der Waals surface area contributed by atoms with E-state index in [0.29, 0.717) is 6.54 Å². The molecule has 1 aliphatic heterocycles. The van der Waals surface area contributed by atoms with E-state index in [1.165, 1.54) is 86.8 Å². The van der Waals surface area contributed by atoms with Gasteiger partial charge in [-0.25, -0.2) is 0 Å². The van der Waals surface area contributed by atoms with E-state index < -0.39 is 0 Å². The normalized spacial score (nSPS) is 14.2. The van der Waals surface area contributed by atoms with Gasteiger partial charge in [-0.05, 0) is 80.0 Å². The monoisotopic (exact) mass is 693 g/mol. The number of benzene rings is 4. The number of carbonyl (C=O) groups excluding carboxylic acids is 1. The molecule has 1 fully saturated rings. The Bertz CT molecular complexity index is 1370. The Kier molecular flexibility index (Phi) is 15.7. The molecule has 5 rings (SSSR count). The van der Waals surface area contributed by atoms with Crippen LogP contribution >= 0.6 is 24.4 Å². The van der Waals surface area contributed by atoms with Gasteiger partial charge in [-0.2, -0.15) is 12.6 Å². The second kappa shape index (κ2) is 20.6. The second-order valence-electron chi connectivity index (χ2n) is 13.3. The molecule has 0 bridgehead atoms. The summed E-state index contributed by atoms with van der Waals surface area (Å²) in [7, 11) is 0. The Labute approximate surface area is 305 Å². The van der Waals surface area contributed by atoms with Gasteiger partial charge in [-0.1, -0.05) is 141 Å². The highest BCUT2D eigenvalue weighted by molar-refractivity contribution is 8.00.